The van der Waals surface area contributed by atoms with Crippen molar-refractivity contribution in [1.29, 1.82) is 0 Å². The normalized spacial score (nSPS) is 10.2. The number of aromatic nitrogens is 2. The molecule has 0 atom stereocenters. The summed E-state index contributed by atoms with van der Waals surface area (Å²) in [6.07, 6.45) is 1.83. The Hall–Kier alpha value is -2.37. The van der Waals surface area contributed by atoms with Gasteiger partial charge in [-0.3, -0.25) is 0 Å². The average molecular weight is 263 g/mol. The minimum absolute atomic E-state index is 0.0524. The molecule has 100 valence electrons. The topological polar surface area (TPSA) is 70.3 Å². The number of rotatable bonds is 5. The monoisotopic (exact) mass is 263 g/mol. The molecule has 0 amide bonds. The van der Waals surface area contributed by atoms with Gasteiger partial charge in [-0.2, -0.15) is 9.37 Å². The molecule has 0 unspecified atom stereocenters. The Bertz CT molecular complexity index is 563. The zero-order chi connectivity index (χ0) is 13.7. The number of hydrogen-bond acceptors (Lipinski definition) is 5. The molecular formula is C13H14FN3O2. The number of para-hydroxylation sites is 2. The fourth-order valence-electron chi connectivity index (χ4n) is 1.41. The molecule has 0 aliphatic heterocycles. The van der Waals surface area contributed by atoms with E-state index in [2.05, 4.69) is 9.97 Å². The van der Waals surface area contributed by atoms with Gasteiger partial charge in [-0.15, -0.1) is 0 Å². The van der Waals surface area contributed by atoms with Crippen LogP contribution in [0, 0.1) is 5.82 Å². The molecule has 19 heavy (non-hydrogen) atoms. The molecule has 1 heterocycles. The molecule has 0 radical (unpaired) electrons. The molecule has 2 N–H and O–H groups in total. The summed E-state index contributed by atoms with van der Waals surface area (Å²) < 4.78 is 24.4. The van der Waals surface area contributed by atoms with Crippen molar-refractivity contribution < 1.29 is 13.9 Å². The highest BCUT2D eigenvalue weighted by molar-refractivity contribution is 5.42. The summed E-state index contributed by atoms with van der Waals surface area (Å²) >= 11 is 0. The van der Waals surface area contributed by atoms with Crippen molar-refractivity contribution in [3.8, 4) is 17.4 Å². The lowest BCUT2D eigenvalue weighted by atomic mass is 10.3. The predicted molar refractivity (Wildman–Crippen MR) is 68.7 cm³/mol. The average Bonchev–Trinajstić information content (AvgIpc) is 2.42. The van der Waals surface area contributed by atoms with Crippen molar-refractivity contribution in [2.45, 2.75) is 13.3 Å². The van der Waals surface area contributed by atoms with Crippen molar-refractivity contribution in [2.24, 2.45) is 0 Å². The van der Waals surface area contributed by atoms with Gasteiger partial charge in [-0.05, 0) is 18.6 Å². The number of halogens is 1. The zero-order valence-electron chi connectivity index (χ0n) is 10.5. The van der Waals surface area contributed by atoms with Gasteiger partial charge in [0.2, 0.25) is 11.8 Å². The van der Waals surface area contributed by atoms with Gasteiger partial charge in [0.15, 0.2) is 11.5 Å². The molecule has 0 fully saturated rings. The van der Waals surface area contributed by atoms with Crippen molar-refractivity contribution in [3.63, 3.8) is 0 Å². The van der Waals surface area contributed by atoms with E-state index in [1.807, 2.05) is 13.0 Å². The van der Waals surface area contributed by atoms with Crippen LogP contribution < -0.4 is 15.2 Å². The Morgan fingerprint density at radius 3 is 2.74 bits per heavy atom. The fraction of sp³-hybridized carbons (Fsp3) is 0.231. The predicted octanol–water partition coefficient (Wildman–Crippen LogP) is 2.78. The van der Waals surface area contributed by atoms with Crippen molar-refractivity contribution in [1.82, 2.24) is 9.97 Å². The van der Waals surface area contributed by atoms with Crippen LogP contribution in [-0.4, -0.2) is 16.6 Å². The summed E-state index contributed by atoms with van der Waals surface area (Å²) in [7, 11) is 0. The third kappa shape index (κ3) is 3.31. The smallest absolute Gasteiger partial charge is 0.261 e. The molecular weight excluding hydrogens is 249 g/mol. The summed E-state index contributed by atoms with van der Waals surface area (Å²) in [6, 6.07) is 6.98. The Balaban J connectivity index is 2.25. The Labute approximate surface area is 110 Å². The minimum Gasteiger partial charge on any atom is -0.490 e. The second-order valence-corrected chi connectivity index (χ2v) is 3.78. The first-order valence-corrected chi connectivity index (χ1v) is 5.88. The van der Waals surface area contributed by atoms with Gasteiger partial charge in [0.1, 0.15) is 0 Å². The van der Waals surface area contributed by atoms with Crippen LogP contribution >= 0.6 is 0 Å². The molecule has 6 heteroatoms. The Morgan fingerprint density at radius 2 is 2.00 bits per heavy atom. The van der Waals surface area contributed by atoms with Gasteiger partial charge in [0.25, 0.3) is 5.88 Å². The summed E-state index contributed by atoms with van der Waals surface area (Å²) in [5, 5.41) is 0. The van der Waals surface area contributed by atoms with Crippen LogP contribution in [0.25, 0.3) is 0 Å². The Kier molecular flexibility index (Phi) is 4.12. The fourth-order valence-corrected chi connectivity index (χ4v) is 1.41. The summed E-state index contributed by atoms with van der Waals surface area (Å²) in [4.78, 5) is 7.24. The lowest BCUT2D eigenvalue weighted by molar-refractivity contribution is 0.298. The van der Waals surface area contributed by atoms with Crippen molar-refractivity contribution in [3.05, 3.63) is 36.3 Å². The first-order valence-electron chi connectivity index (χ1n) is 5.88. The summed E-state index contributed by atoms with van der Waals surface area (Å²) in [6.45, 7) is 2.54. The lowest BCUT2D eigenvalue weighted by Crippen LogP contribution is -2.01. The highest BCUT2D eigenvalue weighted by Gasteiger charge is 2.11. The van der Waals surface area contributed by atoms with E-state index in [1.165, 1.54) is 0 Å². The highest BCUT2D eigenvalue weighted by Crippen LogP contribution is 2.31. The van der Waals surface area contributed by atoms with E-state index >= 15 is 0 Å². The van der Waals surface area contributed by atoms with E-state index in [4.69, 9.17) is 15.2 Å². The van der Waals surface area contributed by atoms with Crippen LogP contribution in [0.4, 0.5) is 10.3 Å². The molecule has 2 rings (SSSR count). The largest absolute Gasteiger partial charge is 0.490 e. The number of nitrogens with two attached hydrogens (primary N) is 1. The molecule has 0 bridgehead atoms. The maximum absolute atomic E-state index is 13.5. The number of ether oxygens (including phenoxy) is 2. The minimum atomic E-state index is -0.681. The highest BCUT2D eigenvalue weighted by atomic mass is 19.1. The summed E-state index contributed by atoms with van der Waals surface area (Å²) in [5.41, 5.74) is 5.40. The van der Waals surface area contributed by atoms with E-state index in [0.717, 1.165) is 12.6 Å². The van der Waals surface area contributed by atoms with Crippen molar-refractivity contribution >= 4 is 5.95 Å². The number of nitrogens with zero attached hydrogens (tertiary/aromatic N) is 2. The first-order chi connectivity index (χ1) is 9.20. The molecule has 0 aliphatic rings. The van der Waals surface area contributed by atoms with Crippen molar-refractivity contribution in [2.75, 3.05) is 12.3 Å². The van der Waals surface area contributed by atoms with Crippen LogP contribution in [0.15, 0.2) is 30.5 Å². The Morgan fingerprint density at radius 1 is 1.26 bits per heavy atom. The van der Waals surface area contributed by atoms with Crippen LogP contribution in [0.1, 0.15) is 13.3 Å². The number of nitrogen functional groups attached to an aromatic ring is 1. The second-order valence-electron chi connectivity index (χ2n) is 3.78. The molecule has 5 nitrogen and oxygen atoms in total. The SMILES string of the molecule is CCCOc1ccccc1Oc1nc(N)ncc1F. The van der Waals surface area contributed by atoms with Gasteiger partial charge in [-0.1, -0.05) is 19.1 Å². The van der Waals surface area contributed by atoms with Gasteiger partial charge in [-0.25, -0.2) is 4.98 Å². The van der Waals surface area contributed by atoms with Crippen LogP contribution in [-0.2, 0) is 0 Å². The van der Waals surface area contributed by atoms with E-state index < -0.39 is 5.82 Å². The third-order valence-corrected chi connectivity index (χ3v) is 2.25. The molecule has 2 aromatic rings. The zero-order valence-corrected chi connectivity index (χ0v) is 10.5. The molecule has 0 spiro atoms. The molecule has 0 saturated heterocycles. The maximum atomic E-state index is 13.5. The number of anilines is 1. The maximum Gasteiger partial charge on any atom is 0.261 e. The van der Waals surface area contributed by atoms with Gasteiger partial charge < -0.3 is 15.2 Å². The van der Waals surface area contributed by atoms with E-state index in [9.17, 15) is 4.39 Å². The third-order valence-electron chi connectivity index (χ3n) is 2.25. The second kappa shape index (κ2) is 5.99. The number of benzene rings is 1. The molecule has 0 saturated carbocycles. The molecule has 1 aromatic carbocycles. The van der Waals surface area contributed by atoms with Crippen LogP contribution in [0.2, 0.25) is 0 Å². The summed E-state index contributed by atoms with van der Waals surface area (Å²) in [5.74, 6) is -0.0446. The van der Waals surface area contributed by atoms with E-state index in [-0.39, 0.29) is 11.8 Å². The molecule has 0 aliphatic carbocycles. The lowest BCUT2D eigenvalue weighted by Gasteiger charge is -2.11. The van der Waals surface area contributed by atoms with Gasteiger partial charge in [0.05, 0.1) is 12.8 Å². The quantitative estimate of drug-likeness (QED) is 0.898. The van der Waals surface area contributed by atoms with Gasteiger partial charge >= 0.3 is 0 Å². The standard InChI is InChI=1S/C13H14FN3O2/c1-2-7-18-10-5-3-4-6-11(10)19-12-9(14)8-16-13(15)17-12/h3-6,8H,2,7H2,1H3,(H2,15,16,17). The van der Waals surface area contributed by atoms with Crippen LogP contribution in [0.3, 0.4) is 0 Å². The number of hydrogen-bond donors (Lipinski definition) is 1. The van der Waals surface area contributed by atoms with Crippen LogP contribution in [0.5, 0.6) is 17.4 Å². The molecule has 1 aromatic heterocycles. The van der Waals surface area contributed by atoms with E-state index in [1.54, 1.807) is 18.2 Å². The van der Waals surface area contributed by atoms with E-state index in [0.29, 0.717) is 18.1 Å². The first kappa shape index (κ1) is 13.1. The van der Waals surface area contributed by atoms with Gasteiger partial charge in [0, 0.05) is 0 Å².